The number of hydrogen-bond acceptors (Lipinski definition) is 5. The van der Waals surface area contributed by atoms with Crippen molar-refractivity contribution in [3.05, 3.63) is 46.9 Å². The fraction of sp³-hybridized carbons (Fsp3) is 0.524. The highest BCUT2D eigenvalue weighted by atomic mass is 32.2. The third kappa shape index (κ3) is 3.57. The molecule has 3 N–H and O–H groups in total. The van der Waals surface area contributed by atoms with E-state index in [0.717, 1.165) is 30.5 Å². The Hall–Kier alpha value is -1.86. The van der Waals surface area contributed by atoms with Crippen LogP contribution in [0.4, 0.5) is 4.39 Å². The first-order valence-electron chi connectivity index (χ1n) is 9.98. The number of allylic oxidation sites excluding steroid dienone is 2. The molecular formula is C21H26FN3O2S. The average Bonchev–Trinajstić information content (AvgIpc) is 2.67. The van der Waals surface area contributed by atoms with E-state index in [9.17, 15) is 14.0 Å². The first-order chi connectivity index (χ1) is 13.5. The number of ketones is 1. The summed E-state index contributed by atoms with van der Waals surface area (Å²) in [5.74, 6) is -1.13. The molecule has 28 heavy (non-hydrogen) atoms. The van der Waals surface area contributed by atoms with Crippen LogP contribution in [0.25, 0.3) is 0 Å². The number of thioether (sulfide) groups is 1. The number of fused-ring (bicyclic) bond motifs is 1. The van der Waals surface area contributed by atoms with E-state index in [1.54, 1.807) is 23.9 Å². The molecule has 5 atom stereocenters. The summed E-state index contributed by atoms with van der Waals surface area (Å²) < 4.78 is 13.5. The minimum absolute atomic E-state index is 0.0729. The summed E-state index contributed by atoms with van der Waals surface area (Å²) in [6.07, 6.45) is 2.87. The number of halogens is 1. The van der Waals surface area contributed by atoms with E-state index >= 15 is 0 Å². The third-order valence-electron chi connectivity index (χ3n) is 5.89. The van der Waals surface area contributed by atoms with E-state index in [4.69, 9.17) is 0 Å². The van der Waals surface area contributed by atoms with Gasteiger partial charge in [-0.3, -0.25) is 14.9 Å². The van der Waals surface area contributed by atoms with Gasteiger partial charge < -0.3 is 10.6 Å². The van der Waals surface area contributed by atoms with Crippen LogP contribution < -0.4 is 16.0 Å². The van der Waals surface area contributed by atoms with Crippen LogP contribution in [0.1, 0.15) is 51.0 Å². The van der Waals surface area contributed by atoms with Gasteiger partial charge >= 0.3 is 0 Å². The number of benzene rings is 1. The molecule has 7 heteroatoms. The minimum Gasteiger partial charge on any atom is -0.372 e. The van der Waals surface area contributed by atoms with E-state index in [1.807, 2.05) is 0 Å². The number of Topliss-reactive ketones (excluding diaryl/α,β-unsaturated/α-hetero) is 1. The predicted octanol–water partition coefficient (Wildman–Crippen LogP) is 3.00. The molecule has 0 spiro atoms. The number of rotatable bonds is 4. The molecule has 0 bridgehead atoms. The minimum atomic E-state index is -0.458. The summed E-state index contributed by atoms with van der Waals surface area (Å²) in [7, 11) is 0. The Kier molecular flexibility index (Phi) is 5.47. The van der Waals surface area contributed by atoms with Crippen molar-refractivity contribution in [3.8, 4) is 0 Å². The quantitative estimate of drug-likeness (QED) is 0.721. The highest BCUT2D eigenvalue weighted by molar-refractivity contribution is 8.00. The van der Waals surface area contributed by atoms with Gasteiger partial charge in [0, 0.05) is 28.9 Å². The summed E-state index contributed by atoms with van der Waals surface area (Å²) in [4.78, 5) is 25.9. The van der Waals surface area contributed by atoms with Gasteiger partial charge in [-0.05, 0) is 37.0 Å². The number of carbonyl (C=O) groups is 2. The van der Waals surface area contributed by atoms with E-state index in [-0.39, 0.29) is 35.1 Å². The molecule has 1 amide bonds. The van der Waals surface area contributed by atoms with Gasteiger partial charge in [0.25, 0.3) is 0 Å². The van der Waals surface area contributed by atoms with Crippen LogP contribution in [-0.2, 0) is 9.59 Å². The molecule has 3 aliphatic rings. The fourth-order valence-corrected chi connectivity index (χ4v) is 5.41. The van der Waals surface area contributed by atoms with Gasteiger partial charge in [-0.1, -0.05) is 26.0 Å². The maximum absolute atomic E-state index is 13.5. The Balaban J connectivity index is 1.71. The van der Waals surface area contributed by atoms with Crippen LogP contribution in [0.2, 0.25) is 0 Å². The van der Waals surface area contributed by atoms with Gasteiger partial charge in [-0.15, -0.1) is 11.8 Å². The molecule has 5 nitrogen and oxygen atoms in total. The zero-order valence-electron chi connectivity index (χ0n) is 16.1. The van der Waals surface area contributed by atoms with Crippen LogP contribution in [0.15, 0.2) is 35.5 Å². The predicted molar refractivity (Wildman–Crippen MR) is 108 cm³/mol. The van der Waals surface area contributed by atoms with Crippen LogP contribution in [0, 0.1) is 11.7 Å². The van der Waals surface area contributed by atoms with Crippen molar-refractivity contribution < 1.29 is 14.0 Å². The van der Waals surface area contributed by atoms with Gasteiger partial charge in [0.05, 0.1) is 12.1 Å². The van der Waals surface area contributed by atoms with Crippen molar-refractivity contribution in [3.63, 3.8) is 0 Å². The maximum Gasteiger partial charge on any atom is 0.229 e. The normalized spacial score (nSPS) is 30.8. The number of nitrogens with one attached hydrogen (secondary N) is 3. The summed E-state index contributed by atoms with van der Waals surface area (Å²) in [5.41, 5.74) is 2.27. The molecule has 1 saturated heterocycles. The van der Waals surface area contributed by atoms with Crippen molar-refractivity contribution in [1.82, 2.24) is 16.0 Å². The molecule has 1 aliphatic carbocycles. The molecule has 5 unspecified atom stereocenters. The molecule has 2 heterocycles. The molecule has 4 rings (SSSR count). The SMILES string of the molecule is CCC(C)SC1NC(=O)C2C(NC3=C(C(=O)CCC3)C2c2ccc(F)cc2)N1. The Labute approximate surface area is 168 Å². The van der Waals surface area contributed by atoms with Gasteiger partial charge in [0.15, 0.2) is 5.78 Å². The third-order valence-corrected chi connectivity index (χ3v) is 7.22. The molecule has 150 valence electrons. The molecule has 1 aromatic carbocycles. The number of carbonyl (C=O) groups excluding carboxylic acids is 2. The molecule has 1 aromatic rings. The van der Waals surface area contributed by atoms with E-state index in [0.29, 0.717) is 17.2 Å². The number of amides is 1. The second kappa shape index (κ2) is 7.87. The second-order valence-electron chi connectivity index (χ2n) is 7.76. The number of hydrogen-bond donors (Lipinski definition) is 3. The van der Waals surface area contributed by atoms with Crippen molar-refractivity contribution in [2.24, 2.45) is 5.92 Å². The summed E-state index contributed by atoms with van der Waals surface area (Å²) >= 11 is 1.69. The maximum atomic E-state index is 13.5. The fourth-order valence-electron chi connectivity index (χ4n) is 4.35. The van der Waals surface area contributed by atoms with E-state index in [2.05, 4.69) is 29.8 Å². The van der Waals surface area contributed by atoms with E-state index < -0.39 is 5.92 Å². The second-order valence-corrected chi connectivity index (χ2v) is 9.30. The topological polar surface area (TPSA) is 70.2 Å². The van der Waals surface area contributed by atoms with Crippen molar-refractivity contribution in [2.45, 2.75) is 62.4 Å². The van der Waals surface area contributed by atoms with E-state index in [1.165, 1.54) is 12.1 Å². The Morgan fingerprint density at radius 2 is 1.93 bits per heavy atom. The van der Waals surface area contributed by atoms with Crippen molar-refractivity contribution in [1.29, 1.82) is 0 Å². The van der Waals surface area contributed by atoms with Crippen LogP contribution in [0.5, 0.6) is 0 Å². The Bertz CT molecular complexity index is 810. The summed E-state index contributed by atoms with van der Waals surface area (Å²) in [5, 5.41) is 10.4. The lowest BCUT2D eigenvalue weighted by molar-refractivity contribution is -0.130. The van der Waals surface area contributed by atoms with Gasteiger partial charge in [-0.25, -0.2) is 4.39 Å². The monoisotopic (exact) mass is 403 g/mol. The Morgan fingerprint density at radius 1 is 1.18 bits per heavy atom. The summed E-state index contributed by atoms with van der Waals surface area (Å²) in [6, 6.07) is 6.19. The highest BCUT2D eigenvalue weighted by Gasteiger charge is 2.49. The largest absolute Gasteiger partial charge is 0.372 e. The summed E-state index contributed by atoms with van der Waals surface area (Å²) in [6.45, 7) is 4.26. The van der Waals surface area contributed by atoms with Crippen LogP contribution in [-0.4, -0.2) is 28.6 Å². The van der Waals surface area contributed by atoms with Crippen LogP contribution >= 0.6 is 11.8 Å². The molecule has 0 radical (unpaired) electrons. The van der Waals surface area contributed by atoms with Gasteiger partial charge in [-0.2, -0.15) is 0 Å². The molecular weight excluding hydrogens is 377 g/mol. The molecule has 2 aliphatic heterocycles. The average molecular weight is 404 g/mol. The standard InChI is InChI=1S/C21H26FN3O2S/c1-3-11(2)28-21-24-19-18(20(27)25-21)16(12-7-9-13(22)10-8-12)17-14(23-19)5-4-6-15(17)26/h7-11,16,18-19,21,23-24H,3-6H2,1-2H3,(H,25,27). The lowest BCUT2D eigenvalue weighted by atomic mass is 9.70. The first kappa shape index (κ1) is 19.5. The lowest BCUT2D eigenvalue weighted by Crippen LogP contribution is -2.68. The smallest absolute Gasteiger partial charge is 0.229 e. The molecule has 0 aromatic heterocycles. The highest BCUT2D eigenvalue weighted by Crippen LogP contribution is 2.43. The van der Waals surface area contributed by atoms with Crippen LogP contribution in [0.3, 0.4) is 0 Å². The lowest BCUT2D eigenvalue weighted by Gasteiger charge is -2.47. The zero-order chi connectivity index (χ0) is 19.8. The van der Waals surface area contributed by atoms with Gasteiger partial charge in [0.2, 0.25) is 5.91 Å². The first-order valence-corrected chi connectivity index (χ1v) is 10.9. The molecule has 1 fully saturated rings. The van der Waals surface area contributed by atoms with Crippen molar-refractivity contribution >= 4 is 23.5 Å². The van der Waals surface area contributed by atoms with Gasteiger partial charge in [0.1, 0.15) is 11.3 Å². The van der Waals surface area contributed by atoms with Crippen molar-refractivity contribution in [2.75, 3.05) is 0 Å². The molecule has 0 saturated carbocycles. The Morgan fingerprint density at radius 3 is 2.64 bits per heavy atom. The zero-order valence-corrected chi connectivity index (χ0v) is 16.9.